The van der Waals surface area contributed by atoms with Crippen LogP contribution >= 0.6 is 31.9 Å². The summed E-state index contributed by atoms with van der Waals surface area (Å²) in [5, 5.41) is 0. The van der Waals surface area contributed by atoms with E-state index in [1.165, 1.54) is 12.5 Å². The summed E-state index contributed by atoms with van der Waals surface area (Å²) in [6.07, 6.45) is 3.03. The molecule has 0 aliphatic rings. The lowest BCUT2D eigenvalue weighted by atomic mass is 10.2. The third kappa shape index (κ3) is 2.41. The van der Waals surface area contributed by atoms with Gasteiger partial charge < -0.3 is 0 Å². The van der Waals surface area contributed by atoms with Crippen molar-refractivity contribution in [3.05, 3.63) is 61.7 Å². The summed E-state index contributed by atoms with van der Waals surface area (Å²) in [5.74, 6) is 0. The lowest BCUT2D eigenvalue weighted by Crippen LogP contribution is -2.21. The summed E-state index contributed by atoms with van der Waals surface area (Å²) in [5.41, 5.74) is 0.968. The van der Waals surface area contributed by atoms with Crippen LogP contribution in [0.25, 0.3) is 0 Å². The number of aromatic nitrogens is 2. The normalized spacial score (nSPS) is 10.4. The van der Waals surface area contributed by atoms with Gasteiger partial charge in [0.25, 0.3) is 5.56 Å². The van der Waals surface area contributed by atoms with Crippen molar-refractivity contribution in [3.63, 3.8) is 0 Å². The van der Waals surface area contributed by atoms with E-state index in [1.807, 2.05) is 24.3 Å². The first-order chi connectivity index (χ1) is 7.68. The van der Waals surface area contributed by atoms with Gasteiger partial charge in [-0.1, -0.05) is 34.1 Å². The second-order valence-corrected chi connectivity index (χ2v) is 4.97. The highest BCUT2D eigenvalue weighted by molar-refractivity contribution is 9.10. The average Bonchev–Trinajstić information content (AvgIpc) is 2.28. The molecule has 0 aliphatic carbocycles. The third-order valence-corrected chi connectivity index (χ3v) is 3.48. The minimum Gasteiger partial charge on any atom is -0.294 e. The van der Waals surface area contributed by atoms with Gasteiger partial charge >= 0.3 is 0 Å². The van der Waals surface area contributed by atoms with Gasteiger partial charge in [-0.05, 0) is 27.6 Å². The molecule has 0 saturated heterocycles. The van der Waals surface area contributed by atoms with Crippen LogP contribution in [0.4, 0.5) is 0 Å². The van der Waals surface area contributed by atoms with Crippen molar-refractivity contribution in [2.24, 2.45) is 0 Å². The largest absolute Gasteiger partial charge is 0.294 e. The van der Waals surface area contributed by atoms with E-state index < -0.39 is 0 Å². The van der Waals surface area contributed by atoms with Crippen LogP contribution in [0.2, 0.25) is 0 Å². The van der Waals surface area contributed by atoms with Gasteiger partial charge in [0.2, 0.25) is 0 Å². The lowest BCUT2D eigenvalue weighted by molar-refractivity contribution is 0.728. The molecule has 0 spiro atoms. The predicted octanol–water partition coefficient (Wildman–Crippen LogP) is 2.82. The molecule has 0 aliphatic heterocycles. The zero-order valence-electron chi connectivity index (χ0n) is 8.23. The van der Waals surface area contributed by atoms with Crippen LogP contribution in [0.5, 0.6) is 0 Å². The smallest absolute Gasteiger partial charge is 0.267 e. The summed E-state index contributed by atoms with van der Waals surface area (Å²) in [7, 11) is 0. The van der Waals surface area contributed by atoms with Crippen molar-refractivity contribution < 1.29 is 0 Å². The molecule has 5 heteroatoms. The lowest BCUT2D eigenvalue weighted by Gasteiger charge is -2.06. The first-order valence-electron chi connectivity index (χ1n) is 4.62. The van der Waals surface area contributed by atoms with Crippen molar-refractivity contribution in [3.8, 4) is 0 Å². The van der Waals surface area contributed by atoms with Crippen LogP contribution < -0.4 is 5.56 Å². The Morgan fingerprint density at radius 2 is 1.94 bits per heavy atom. The molecule has 0 atom stereocenters. The average molecular weight is 344 g/mol. The summed E-state index contributed by atoms with van der Waals surface area (Å²) in [4.78, 5) is 15.7. The van der Waals surface area contributed by atoms with Gasteiger partial charge in [-0.3, -0.25) is 9.36 Å². The van der Waals surface area contributed by atoms with E-state index in [-0.39, 0.29) is 5.56 Å². The molecule has 1 aromatic carbocycles. The maximum absolute atomic E-state index is 11.7. The summed E-state index contributed by atoms with van der Waals surface area (Å²) < 4.78 is 3.02. The molecule has 2 rings (SSSR count). The Bertz CT molecular complexity index is 566. The number of benzene rings is 1. The molecule has 16 heavy (non-hydrogen) atoms. The SMILES string of the molecule is O=c1c(Br)cncn1Cc1ccccc1Br. The number of hydrogen-bond acceptors (Lipinski definition) is 2. The Morgan fingerprint density at radius 3 is 2.69 bits per heavy atom. The fraction of sp³-hybridized carbons (Fsp3) is 0.0909. The minimum absolute atomic E-state index is 0.0780. The van der Waals surface area contributed by atoms with Gasteiger partial charge in [0.1, 0.15) is 4.47 Å². The molecule has 0 bridgehead atoms. The van der Waals surface area contributed by atoms with Crippen molar-refractivity contribution in [2.75, 3.05) is 0 Å². The molecule has 0 radical (unpaired) electrons. The third-order valence-electron chi connectivity index (χ3n) is 2.16. The topological polar surface area (TPSA) is 34.9 Å². The zero-order chi connectivity index (χ0) is 11.5. The Balaban J connectivity index is 2.39. The Morgan fingerprint density at radius 1 is 1.19 bits per heavy atom. The van der Waals surface area contributed by atoms with Crippen molar-refractivity contribution in [1.29, 1.82) is 0 Å². The van der Waals surface area contributed by atoms with Crippen molar-refractivity contribution in [1.82, 2.24) is 9.55 Å². The Hall–Kier alpha value is -0.940. The molecule has 0 unspecified atom stereocenters. The molecule has 1 heterocycles. The van der Waals surface area contributed by atoms with Gasteiger partial charge in [-0.25, -0.2) is 4.98 Å². The van der Waals surface area contributed by atoms with Crippen molar-refractivity contribution in [2.45, 2.75) is 6.54 Å². The number of rotatable bonds is 2. The van der Waals surface area contributed by atoms with Gasteiger partial charge in [0.15, 0.2) is 0 Å². The quantitative estimate of drug-likeness (QED) is 0.840. The van der Waals surface area contributed by atoms with Crippen LogP contribution in [0.3, 0.4) is 0 Å². The first kappa shape index (κ1) is 11.5. The standard InChI is InChI=1S/C11H8Br2N2O/c12-9-4-2-1-3-8(9)6-15-7-14-5-10(13)11(15)16/h1-5,7H,6H2. The van der Waals surface area contributed by atoms with E-state index in [1.54, 1.807) is 4.57 Å². The summed E-state index contributed by atoms with van der Waals surface area (Å²) in [6, 6.07) is 7.80. The summed E-state index contributed by atoms with van der Waals surface area (Å²) >= 11 is 6.62. The molecule has 0 saturated carbocycles. The molecular formula is C11H8Br2N2O. The van der Waals surface area contributed by atoms with E-state index >= 15 is 0 Å². The molecule has 82 valence electrons. The molecule has 0 fully saturated rings. The van der Waals surface area contributed by atoms with E-state index in [9.17, 15) is 4.79 Å². The fourth-order valence-electron chi connectivity index (χ4n) is 1.35. The van der Waals surface area contributed by atoms with Crippen LogP contribution in [-0.2, 0) is 6.54 Å². The van der Waals surface area contributed by atoms with E-state index in [2.05, 4.69) is 36.8 Å². The molecule has 3 nitrogen and oxygen atoms in total. The highest BCUT2D eigenvalue weighted by Gasteiger charge is 2.03. The van der Waals surface area contributed by atoms with E-state index in [0.29, 0.717) is 11.0 Å². The van der Waals surface area contributed by atoms with Crippen LogP contribution in [0.15, 0.2) is 50.5 Å². The Labute approximate surface area is 109 Å². The molecule has 0 amide bonds. The summed E-state index contributed by atoms with van der Waals surface area (Å²) in [6.45, 7) is 0.507. The maximum Gasteiger partial charge on any atom is 0.267 e. The van der Waals surface area contributed by atoms with Crippen LogP contribution in [-0.4, -0.2) is 9.55 Å². The highest BCUT2D eigenvalue weighted by atomic mass is 79.9. The van der Waals surface area contributed by atoms with E-state index in [4.69, 9.17) is 0 Å². The van der Waals surface area contributed by atoms with Crippen molar-refractivity contribution >= 4 is 31.9 Å². The Kier molecular flexibility index (Phi) is 3.56. The minimum atomic E-state index is -0.0780. The molecular weight excluding hydrogens is 336 g/mol. The predicted molar refractivity (Wildman–Crippen MR) is 69.4 cm³/mol. The fourth-order valence-corrected chi connectivity index (χ4v) is 2.10. The number of halogens is 2. The van der Waals surface area contributed by atoms with Gasteiger partial charge in [-0.2, -0.15) is 0 Å². The van der Waals surface area contributed by atoms with Gasteiger partial charge in [-0.15, -0.1) is 0 Å². The second kappa shape index (κ2) is 4.93. The van der Waals surface area contributed by atoms with Crippen LogP contribution in [0.1, 0.15) is 5.56 Å². The molecule has 0 N–H and O–H groups in total. The highest BCUT2D eigenvalue weighted by Crippen LogP contribution is 2.16. The first-order valence-corrected chi connectivity index (χ1v) is 6.20. The van der Waals surface area contributed by atoms with Gasteiger partial charge in [0.05, 0.1) is 12.9 Å². The zero-order valence-corrected chi connectivity index (χ0v) is 11.4. The van der Waals surface area contributed by atoms with Gasteiger partial charge in [0, 0.05) is 10.7 Å². The number of nitrogens with zero attached hydrogens (tertiary/aromatic N) is 2. The monoisotopic (exact) mass is 342 g/mol. The second-order valence-electron chi connectivity index (χ2n) is 3.27. The number of hydrogen-bond donors (Lipinski definition) is 0. The molecule has 1 aromatic heterocycles. The van der Waals surface area contributed by atoms with E-state index in [0.717, 1.165) is 10.0 Å². The maximum atomic E-state index is 11.7. The molecule has 2 aromatic rings. The van der Waals surface area contributed by atoms with Crippen LogP contribution in [0, 0.1) is 0 Å².